The van der Waals surface area contributed by atoms with Crippen molar-refractivity contribution < 1.29 is 14.3 Å². The van der Waals surface area contributed by atoms with E-state index >= 15 is 0 Å². The molecule has 1 amide bonds. The largest absolute Gasteiger partial charge is 0.381 e. The lowest BCUT2D eigenvalue weighted by Gasteiger charge is -2.39. The fourth-order valence-electron chi connectivity index (χ4n) is 3.01. The summed E-state index contributed by atoms with van der Waals surface area (Å²) >= 11 is 0. The molecule has 0 aromatic rings. The SMILES string of the molecule is COC1CCCC(NCC2CCCO2)(C(N)=O)C1. The number of amides is 1. The van der Waals surface area contributed by atoms with Crippen molar-refractivity contribution in [1.82, 2.24) is 5.32 Å². The van der Waals surface area contributed by atoms with Crippen LogP contribution in [0, 0.1) is 0 Å². The van der Waals surface area contributed by atoms with Crippen LogP contribution >= 0.6 is 0 Å². The van der Waals surface area contributed by atoms with Crippen LogP contribution < -0.4 is 11.1 Å². The van der Waals surface area contributed by atoms with Crippen molar-refractivity contribution >= 4 is 5.91 Å². The zero-order valence-electron chi connectivity index (χ0n) is 11.1. The number of primary amides is 1. The van der Waals surface area contributed by atoms with Crippen LogP contribution in [0.15, 0.2) is 0 Å². The molecular weight excluding hydrogens is 232 g/mol. The first kappa shape index (κ1) is 13.8. The van der Waals surface area contributed by atoms with Gasteiger partial charge in [0.1, 0.15) is 5.54 Å². The average molecular weight is 256 g/mol. The molecule has 3 unspecified atom stereocenters. The van der Waals surface area contributed by atoms with E-state index in [0.29, 0.717) is 13.0 Å². The van der Waals surface area contributed by atoms with Crippen LogP contribution in [0.5, 0.6) is 0 Å². The van der Waals surface area contributed by atoms with Crippen LogP contribution in [0.1, 0.15) is 38.5 Å². The minimum atomic E-state index is -0.606. The first-order valence-electron chi connectivity index (χ1n) is 6.85. The summed E-state index contributed by atoms with van der Waals surface area (Å²) in [7, 11) is 1.70. The van der Waals surface area contributed by atoms with Crippen molar-refractivity contribution in [2.45, 2.75) is 56.3 Å². The third-order valence-corrected chi connectivity index (χ3v) is 4.20. The van der Waals surface area contributed by atoms with Crippen molar-refractivity contribution in [1.29, 1.82) is 0 Å². The Morgan fingerprint density at radius 3 is 2.94 bits per heavy atom. The van der Waals surface area contributed by atoms with Gasteiger partial charge in [-0.05, 0) is 32.1 Å². The third-order valence-electron chi connectivity index (χ3n) is 4.20. The van der Waals surface area contributed by atoms with Crippen LogP contribution in [0.3, 0.4) is 0 Å². The van der Waals surface area contributed by atoms with Crippen LogP contribution in [0.2, 0.25) is 0 Å². The molecule has 0 spiro atoms. The maximum atomic E-state index is 11.8. The van der Waals surface area contributed by atoms with Gasteiger partial charge in [-0.15, -0.1) is 0 Å². The van der Waals surface area contributed by atoms with E-state index in [2.05, 4.69) is 5.32 Å². The summed E-state index contributed by atoms with van der Waals surface area (Å²) in [6.45, 7) is 1.54. The molecule has 3 N–H and O–H groups in total. The fourth-order valence-corrected chi connectivity index (χ4v) is 3.01. The Hall–Kier alpha value is -0.650. The summed E-state index contributed by atoms with van der Waals surface area (Å²) in [5.74, 6) is -0.262. The minimum Gasteiger partial charge on any atom is -0.381 e. The molecule has 1 aliphatic carbocycles. The van der Waals surface area contributed by atoms with Gasteiger partial charge in [0.05, 0.1) is 12.2 Å². The normalized spacial score (nSPS) is 36.7. The summed E-state index contributed by atoms with van der Waals surface area (Å²) in [5.41, 5.74) is 5.00. The number of nitrogens with one attached hydrogen (secondary N) is 1. The quantitative estimate of drug-likeness (QED) is 0.754. The molecule has 1 aliphatic heterocycles. The van der Waals surface area contributed by atoms with Gasteiger partial charge in [0, 0.05) is 26.7 Å². The monoisotopic (exact) mass is 256 g/mol. The molecule has 0 aromatic heterocycles. The molecule has 3 atom stereocenters. The third kappa shape index (κ3) is 3.02. The summed E-state index contributed by atoms with van der Waals surface area (Å²) in [5, 5.41) is 3.36. The molecule has 0 radical (unpaired) electrons. The molecule has 1 saturated heterocycles. The lowest BCUT2D eigenvalue weighted by Crippen LogP contribution is -2.60. The van der Waals surface area contributed by atoms with E-state index in [-0.39, 0.29) is 18.1 Å². The molecule has 2 fully saturated rings. The maximum absolute atomic E-state index is 11.8. The van der Waals surface area contributed by atoms with Gasteiger partial charge in [-0.1, -0.05) is 0 Å². The Labute approximate surface area is 108 Å². The number of nitrogens with two attached hydrogens (primary N) is 1. The summed E-state index contributed by atoms with van der Waals surface area (Å²) < 4.78 is 11.0. The predicted molar refractivity (Wildman–Crippen MR) is 68.2 cm³/mol. The van der Waals surface area contributed by atoms with E-state index in [4.69, 9.17) is 15.2 Å². The maximum Gasteiger partial charge on any atom is 0.237 e. The molecule has 104 valence electrons. The highest BCUT2D eigenvalue weighted by molar-refractivity contribution is 5.84. The van der Waals surface area contributed by atoms with Crippen molar-refractivity contribution in [3.8, 4) is 0 Å². The van der Waals surface area contributed by atoms with E-state index < -0.39 is 5.54 Å². The Balaban J connectivity index is 1.94. The number of hydrogen-bond donors (Lipinski definition) is 2. The highest BCUT2D eigenvalue weighted by Crippen LogP contribution is 2.30. The van der Waals surface area contributed by atoms with Crippen molar-refractivity contribution in [3.05, 3.63) is 0 Å². The number of hydrogen-bond acceptors (Lipinski definition) is 4. The van der Waals surface area contributed by atoms with Crippen molar-refractivity contribution in [2.24, 2.45) is 5.73 Å². The first-order valence-corrected chi connectivity index (χ1v) is 6.85. The number of rotatable bonds is 5. The molecule has 18 heavy (non-hydrogen) atoms. The number of carbonyl (C=O) groups excluding carboxylic acids is 1. The van der Waals surface area contributed by atoms with Crippen LogP contribution in [-0.2, 0) is 14.3 Å². The van der Waals surface area contributed by atoms with Gasteiger partial charge in [-0.2, -0.15) is 0 Å². The zero-order valence-corrected chi connectivity index (χ0v) is 11.1. The number of ether oxygens (including phenoxy) is 2. The molecule has 5 heteroatoms. The van der Waals surface area contributed by atoms with Crippen LogP contribution in [0.25, 0.3) is 0 Å². The minimum absolute atomic E-state index is 0.128. The Kier molecular flexibility index (Phi) is 4.59. The summed E-state index contributed by atoms with van der Waals surface area (Å²) in [6, 6.07) is 0. The molecule has 5 nitrogen and oxygen atoms in total. The Bertz CT molecular complexity index is 292. The molecule has 1 heterocycles. The molecule has 0 bridgehead atoms. The van der Waals surface area contributed by atoms with E-state index in [1.807, 2.05) is 0 Å². The van der Waals surface area contributed by atoms with Crippen molar-refractivity contribution in [3.63, 3.8) is 0 Å². The number of carbonyl (C=O) groups is 1. The average Bonchev–Trinajstić information content (AvgIpc) is 2.89. The Morgan fingerprint density at radius 1 is 1.50 bits per heavy atom. The summed E-state index contributed by atoms with van der Waals surface area (Å²) in [6.07, 6.45) is 5.98. The van der Waals surface area contributed by atoms with E-state index in [9.17, 15) is 4.79 Å². The smallest absolute Gasteiger partial charge is 0.237 e. The van der Waals surface area contributed by atoms with Gasteiger partial charge in [0.25, 0.3) is 0 Å². The van der Waals surface area contributed by atoms with E-state index in [1.165, 1.54) is 0 Å². The van der Waals surface area contributed by atoms with Crippen LogP contribution in [0.4, 0.5) is 0 Å². The molecule has 1 saturated carbocycles. The lowest BCUT2D eigenvalue weighted by molar-refractivity contribution is -0.128. The second-order valence-electron chi connectivity index (χ2n) is 5.42. The van der Waals surface area contributed by atoms with Gasteiger partial charge in [-0.25, -0.2) is 0 Å². The molecule has 2 rings (SSSR count). The topological polar surface area (TPSA) is 73.6 Å². The fraction of sp³-hybridized carbons (Fsp3) is 0.923. The van der Waals surface area contributed by atoms with E-state index in [0.717, 1.165) is 38.7 Å². The van der Waals surface area contributed by atoms with Gasteiger partial charge in [-0.3, -0.25) is 4.79 Å². The molecular formula is C13H24N2O3. The van der Waals surface area contributed by atoms with Crippen LogP contribution in [-0.4, -0.2) is 43.9 Å². The Morgan fingerprint density at radius 2 is 2.33 bits per heavy atom. The highest BCUT2D eigenvalue weighted by Gasteiger charge is 2.41. The van der Waals surface area contributed by atoms with Gasteiger partial charge >= 0.3 is 0 Å². The lowest BCUT2D eigenvalue weighted by atomic mass is 9.79. The highest BCUT2D eigenvalue weighted by atomic mass is 16.5. The predicted octanol–water partition coefficient (Wildman–Crippen LogP) is 0.568. The number of methoxy groups -OCH3 is 1. The van der Waals surface area contributed by atoms with Gasteiger partial charge in [0.2, 0.25) is 5.91 Å². The summed E-state index contributed by atoms with van der Waals surface area (Å²) in [4.78, 5) is 11.8. The second-order valence-corrected chi connectivity index (χ2v) is 5.42. The zero-order chi connectivity index (χ0) is 13.0. The van der Waals surface area contributed by atoms with E-state index in [1.54, 1.807) is 7.11 Å². The second kappa shape index (κ2) is 5.99. The van der Waals surface area contributed by atoms with Gasteiger partial charge in [0.15, 0.2) is 0 Å². The molecule has 2 aliphatic rings. The van der Waals surface area contributed by atoms with Crippen molar-refractivity contribution in [2.75, 3.05) is 20.3 Å². The standard InChI is InChI=1S/C13H24N2O3/c1-17-10-4-2-6-13(8-10,12(14)16)15-9-11-5-3-7-18-11/h10-11,15H,2-9H2,1H3,(H2,14,16). The first-order chi connectivity index (χ1) is 8.66. The molecule has 0 aromatic carbocycles. The van der Waals surface area contributed by atoms with Gasteiger partial charge < -0.3 is 20.5 Å².